The largest absolute Gasteiger partial charge is 0.340 e. The van der Waals surface area contributed by atoms with Crippen LogP contribution in [0.4, 0.5) is 0 Å². The van der Waals surface area contributed by atoms with Crippen LogP contribution in [0.1, 0.15) is 24.8 Å². The van der Waals surface area contributed by atoms with E-state index in [-0.39, 0.29) is 10.8 Å². The van der Waals surface area contributed by atoms with E-state index in [0.29, 0.717) is 19.5 Å². The van der Waals surface area contributed by atoms with Crippen molar-refractivity contribution in [3.63, 3.8) is 0 Å². The third-order valence-electron chi connectivity index (χ3n) is 4.73. The van der Waals surface area contributed by atoms with Gasteiger partial charge in [-0.05, 0) is 30.5 Å². The monoisotopic (exact) mass is 372 g/mol. The molecule has 1 aliphatic heterocycles. The van der Waals surface area contributed by atoms with E-state index in [2.05, 4.69) is 0 Å². The zero-order valence-electron chi connectivity index (χ0n) is 14.9. The molecule has 0 N–H and O–H groups in total. The van der Waals surface area contributed by atoms with Gasteiger partial charge in [-0.25, -0.2) is 8.42 Å². The second kappa shape index (κ2) is 8.01. The lowest BCUT2D eigenvalue weighted by Crippen LogP contribution is -2.51. The van der Waals surface area contributed by atoms with Crippen molar-refractivity contribution in [2.24, 2.45) is 0 Å². The van der Waals surface area contributed by atoms with Gasteiger partial charge in [0, 0.05) is 20.1 Å². The van der Waals surface area contributed by atoms with E-state index in [1.54, 1.807) is 42.3 Å². The average Bonchev–Trinajstić information content (AvgIpc) is 2.69. The Morgan fingerprint density at radius 2 is 1.65 bits per heavy atom. The van der Waals surface area contributed by atoms with Gasteiger partial charge in [0.2, 0.25) is 15.9 Å². The molecule has 1 amide bonds. The van der Waals surface area contributed by atoms with Gasteiger partial charge in [0.15, 0.2) is 0 Å². The Morgan fingerprint density at radius 3 is 2.31 bits per heavy atom. The van der Waals surface area contributed by atoms with Gasteiger partial charge in [0.1, 0.15) is 6.04 Å². The van der Waals surface area contributed by atoms with E-state index in [9.17, 15) is 13.2 Å². The number of carbonyl (C=O) groups excluding carboxylic acids is 1. The molecule has 2 aromatic rings. The summed E-state index contributed by atoms with van der Waals surface area (Å²) in [6.45, 7) is 0.849. The standard InChI is InChI=1S/C20H24N2O3S/c1-21(16-17-10-4-2-5-11-17)20(23)19-14-8-9-15-22(19)26(24,25)18-12-6-3-7-13-18/h2-7,10-13,19H,8-9,14-16H2,1H3. The molecular weight excluding hydrogens is 348 g/mol. The first-order valence-electron chi connectivity index (χ1n) is 8.86. The Hall–Kier alpha value is -2.18. The molecule has 1 atom stereocenters. The number of likely N-dealkylation sites (N-methyl/N-ethyl adjacent to an activating group) is 1. The van der Waals surface area contributed by atoms with Gasteiger partial charge in [-0.1, -0.05) is 55.0 Å². The second-order valence-corrected chi connectivity index (χ2v) is 8.51. The molecule has 0 aliphatic carbocycles. The molecule has 2 aromatic carbocycles. The van der Waals surface area contributed by atoms with E-state index in [0.717, 1.165) is 18.4 Å². The normalized spacial score (nSPS) is 18.4. The fourth-order valence-corrected chi connectivity index (χ4v) is 5.03. The zero-order valence-corrected chi connectivity index (χ0v) is 15.7. The van der Waals surface area contributed by atoms with Crippen LogP contribution in [-0.4, -0.2) is 43.2 Å². The summed E-state index contributed by atoms with van der Waals surface area (Å²) in [6, 6.07) is 17.4. The summed E-state index contributed by atoms with van der Waals surface area (Å²) in [5, 5.41) is 0. The number of hydrogen-bond donors (Lipinski definition) is 0. The van der Waals surface area contributed by atoms with Crippen molar-refractivity contribution in [1.29, 1.82) is 0 Å². The molecule has 5 nitrogen and oxygen atoms in total. The number of carbonyl (C=O) groups is 1. The predicted molar refractivity (Wildman–Crippen MR) is 101 cm³/mol. The Kier molecular flexibility index (Phi) is 5.74. The van der Waals surface area contributed by atoms with Crippen molar-refractivity contribution >= 4 is 15.9 Å². The number of rotatable bonds is 5. The number of hydrogen-bond acceptors (Lipinski definition) is 3. The minimum absolute atomic E-state index is 0.145. The molecule has 26 heavy (non-hydrogen) atoms. The Morgan fingerprint density at radius 1 is 1.04 bits per heavy atom. The number of benzene rings is 2. The Balaban J connectivity index is 1.81. The predicted octanol–water partition coefficient (Wildman–Crippen LogP) is 2.89. The maximum atomic E-state index is 13.0. The van der Waals surface area contributed by atoms with Crippen molar-refractivity contribution in [3.8, 4) is 0 Å². The number of amides is 1. The molecule has 1 unspecified atom stereocenters. The van der Waals surface area contributed by atoms with Crippen LogP contribution in [0.3, 0.4) is 0 Å². The summed E-state index contributed by atoms with van der Waals surface area (Å²) >= 11 is 0. The molecule has 138 valence electrons. The van der Waals surface area contributed by atoms with Gasteiger partial charge in [-0.2, -0.15) is 4.31 Å². The van der Waals surface area contributed by atoms with Crippen LogP contribution in [0.15, 0.2) is 65.6 Å². The minimum Gasteiger partial charge on any atom is -0.340 e. The lowest BCUT2D eigenvalue weighted by Gasteiger charge is -2.35. The van der Waals surface area contributed by atoms with Crippen LogP contribution >= 0.6 is 0 Å². The minimum atomic E-state index is -3.68. The maximum Gasteiger partial charge on any atom is 0.243 e. The van der Waals surface area contributed by atoms with Crippen LogP contribution in [0.5, 0.6) is 0 Å². The van der Waals surface area contributed by atoms with Gasteiger partial charge >= 0.3 is 0 Å². The molecule has 6 heteroatoms. The first kappa shape index (κ1) is 18.6. The van der Waals surface area contributed by atoms with Crippen LogP contribution in [0.25, 0.3) is 0 Å². The lowest BCUT2D eigenvalue weighted by atomic mass is 10.0. The third kappa shape index (κ3) is 3.97. The number of sulfonamides is 1. The van der Waals surface area contributed by atoms with E-state index < -0.39 is 16.1 Å². The first-order valence-corrected chi connectivity index (χ1v) is 10.3. The van der Waals surface area contributed by atoms with Crippen LogP contribution in [-0.2, 0) is 21.4 Å². The number of piperidine rings is 1. The highest BCUT2D eigenvalue weighted by molar-refractivity contribution is 7.89. The molecule has 0 spiro atoms. The Bertz CT molecular complexity index is 838. The van der Waals surface area contributed by atoms with Gasteiger partial charge in [0.05, 0.1) is 4.90 Å². The molecule has 1 saturated heterocycles. The lowest BCUT2D eigenvalue weighted by molar-refractivity contribution is -0.135. The molecule has 0 radical (unpaired) electrons. The van der Waals surface area contributed by atoms with Gasteiger partial charge in [0.25, 0.3) is 0 Å². The smallest absolute Gasteiger partial charge is 0.243 e. The molecule has 1 heterocycles. The van der Waals surface area contributed by atoms with E-state index >= 15 is 0 Å². The van der Waals surface area contributed by atoms with Gasteiger partial charge in [-0.15, -0.1) is 0 Å². The summed E-state index contributed by atoms with van der Waals surface area (Å²) in [6.07, 6.45) is 2.19. The number of nitrogens with zero attached hydrogens (tertiary/aromatic N) is 2. The summed E-state index contributed by atoms with van der Waals surface area (Å²) < 4.78 is 27.5. The molecule has 0 aromatic heterocycles. The highest BCUT2D eigenvalue weighted by atomic mass is 32.2. The van der Waals surface area contributed by atoms with Crippen molar-refractivity contribution in [1.82, 2.24) is 9.21 Å². The quantitative estimate of drug-likeness (QED) is 0.811. The summed E-state index contributed by atoms with van der Waals surface area (Å²) in [7, 11) is -1.94. The molecule has 1 fully saturated rings. The zero-order chi connectivity index (χ0) is 18.6. The first-order chi connectivity index (χ1) is 12.5. The fraction of sp³-hybridized carbons (Fsp3) is 0.350. The van der Waals surface area contributed by atoms with Crippen molar-refractivity contribution in [3.05, 3.63) is 66.2 Å². The van der Waals surface area contributed by atoms with Crippen molar-refractivity contribution in [2.45, 2.75) is 36.7 Å². The topological polar surface area (TPSA) is 57.7 Å². The third-order valence-corrected chi connectivity index (χ3v) is 6.65. The highest BCUT2D eigenvalue weighted by Gasteiger charge is 2.38. The second-order valence-electron chi connectivity index (χ2n) is 6.62. The van der Waals surface area contributed by atoms with E-state index in [1.807, 2.05) is 30.3 Å². The summed E-state index contributed by atoms with van der Waals surface area (Å²) in [5.41, 5.74) is 1.02. The SMILES string of the molecule is CN(Cc1ccccc1)C(=O)C1CCCCN1S(=O)(=O)c1ccccc1. The van der Waals surface area contributed by atoms with E-state index in [4.69, 9.17) is 0 Å². The summed E-state index contributed by atoms with van der Waals surface area (Å²) in [4.78, 5) is 14.9. The Labute approximate surface area is 155 Å². The van der Waals surface area contributed by atoms with Crippen molar-refractivity contribution < 1.29 is 13.2 Å². The molecule has 0 saturated carbocycles. The van der Waals surface area contributed by atoms with Gasteiger partial charge < -0.3 is 4.90 Å². The fourth-order valence-electron chi connectivity index (χ4n) is 3.36. The molecule has 0 bridgehead atoms. The molecule has 3 rings (SSSR count). The summed E-state index contributed by atoms with van der Waals surface area (Å²) in [5.74, 6) is -0.145. The van der Waals surface area contributed by atoms with Crippen LogP contribution in [0, 0.1) is 0 Å². The molecule has 1 aliphatic rings. The van der Waals surface area contributed by atoms with E-state index in [1.165, 1.54) is 4.31 Å². The highest BCUT2D eigenvalue weighted by Crippen LogP contribution is 2.26. The molecular formula is C20H24N2O3S. The maximum absolute atomic E-state index is 13.0. The van der Waals surface area contributed by atoms with Crippen LogP contribution in [0.2, 0.25) is 0 Å². The average molecular weight is 372 g/mol. The van der Waals surface area contributed by atoms with Gasteiger partial charge in [-0.3, -0.25) is 4.79 Å². The van der Waals surface area contributed by atoms with Crippen molar-refractivity contribution in [2.75, 3.05) is 13.6 Å². The van der Waals surface area contributed by atoms with Crippen LogP contribution < -0.4 is 0 Å².